The Morgan fingerprint density at radius 2 is 1.81 bits per heavy atom. The van der Waals surface area contributed by atoms with E-state index in [1.807, 2.05) is 0 Å². The van der Waals surface area contributed by atoms with E-state index in [9.17, 15) is 13.2 Å². The monoisotopic (exact) mass is 383 g/mol. The minimum absolute atomic E-state index is 0.0550. The number of sulfonamides is 1. The second kappa shape index (κ2) is 8.24. The van der Waals surface area contributed by atoms with Crippen molar-refractivity contribution in [2.24, 2.45) is 0 Å². The van der Waals surface area contributed by atoms with Crippen LogP contribution in [0.5, 0.6) is 11.5 Å². The Kier molecular flexibility index (Phi) is 6.00. The minimum atomic E-state index is -3.56. The van der Waals surface area contributed by atoms with Crippen LogP contribution in [0.15, 0.2) is 23.1 Å². The van der Waals surface area contributed by atoms with E-state index in [4.69, 9.17) is 9.47 Å². The lowest BCUT2D eigenvalue weighted by Crippen LogP contribution is -2.50. The van der Waals surface area contributed by atoms with Crippen LogP contribution in [0.1, 0.15) is 13.3 Å². The molecule has 2 aliphatic rings. The fourth-order valence-corrected chi connectivity index (χ4v) is 4.47. The maximum Gasteiger partial charge on any atom is 0.243 e. The van der Waals surface area contributed by atoms with Crippen LogP contribution in [0.4, 0.5) is 0 Å². The molecule has 0 saturated carbocycles. The lowest BCUT2D eigenvalue weighted by atomic mass is 10.3. The topological polar surface area (TPSA) is 88.2 Å². The number of ether oxygens (including phenoxy) is 2. The first-order chi connectivity index (χ1) is 12.5. The summed E-state index contributed by atoms with van der Waals surface area (Å²) in [6.07, 6.45) is 0.775. The summed E-state index contributed by atoms with van der Waals surface area (Å²) in [5, 5.41) is 2.76. The number of rotatable bonds is 5. The second-order valence-corrected chi connectivity index (χ2v) is 8.33. The van der Waals surface area contributed by atoms with Gasteiger partial charge in [-0.25, -0.2) is 8.42 Å². The summed E-state index contributed by atoms with van der Waals surface area (Å²) in [5.41, 5.74) is 0. The van der Waals surface area contributed by atoms with Crippen LogP contribution in [0, 0.1) is 0 Å². The van der Waals surface area contributed by atoms with E-state index in [0.717, 1.165) is 13.0 Å². The highest BCUT2D eigenvalue weighted by Crippen LogP contribution is 2.33. The predicted molar refractivity (Wildman–Crippen MR) is 95.9 cm³/mol. The molecule has 2 aliphatic heterocycles. The Labute approximate surface area is 154 Å². The van der Waals surface area contributed by atoms with Crippen molar-refractivity contribution < 1.29 is 22.7 Å². The van der Waals surface area contributed by atoms with Crippen molar-refractivity contribution in [3.05, 3.63) is 18.2 Å². The molecule has 0 bridgehead atoms. The highest BCUT2D eigenvalue weighted by Gasteiger charge is 2.29. The molecule has 1 aromatic carbocycles. The fourth-order valence-electron chi connectivity index (χ4n) is 3.04. The maximum atomic E-state index is 12.9. The van der Waals surface area contributed by atoms with Crippen LogP contribution < -0.4 is 14.8 Å². The van der Waals surface area contributed by atoms with Gasteiger partial charge >= 0.3 is 0 Å². The van der Waals surface area contributed by atoms with Crippen LogP contribution in [-0.4, -0.2) is 76.0 Å². The zero-order valence-corrected chi connectivity index (χ0v) is 15.8. The molecule has 0 radical (unpaired) electrons. The van der Waals surface area contributed by atoms with Crippen LogP contribution in [0.2, 0.25) is 0 Å². The number of hydrogen-bond donors (Lipinski definition) is 1. The molecule has 1 amide bonds. The third-order valence-corrected chi connectivity index (χ3v) is 6.38. The van der Waals surface area contributed by atoms with E-state index in [1.54, 1.807) is 18.2 Å². The first-order valence-electron chi connectivity index (χ1n) is 8.83. The van der Waals surface area contributed by atoms with Gasteiger partial charge in [0.15, 0.2) is 11.5 Å². The van der Waals surface area contributed by atoms with E-state index in [2.05, 4.69) is 10.2 Å². The van der Waals surface area contributed by atoms with Crippen LogP contribution in [0.25, 0.3) is 0 Å². The van der Waals surface area contributed by atoms with Gasteiger partial charge in [-0.05, 0) is 12.1 Å². The number of benzene rings is 1. The summed E-state index contributed by atoms with van der Waals surface area (Å²) in [7, 11) is -3.56. The summed E-state index contributed by atoms with van der Waals surface area (Å²) in [6.45, 7) is 6.00. The molecule has 1 N–H and O–H groups in total. The Morgan fingerprint density at radius 1 is 1.12 bits per heavy atom. The zero-order valence-electron chi connectivity index (χ0n) is 14.9. The summed E-state index contributed by atoms with van der Waals surface area (Å²) in [4.78, 5) is 13.3. The smallest absolute Gasteiger partial charge is 0.243 e. The number of carbonyl (C=O) groups excluding carboxylic acids is 1. The van der Waals surface area contributed by atoms with Gasteiger partial charge in [-0.15, -0.1) is 0 Å². The molecule has 3 rings (SSSR count). The summed E-state index contributed by atoms with van der Waals surface area (Å²) in [6, 6.07) is 4.79. The third kappa shape index (κ3) is 4.46. The molecule has 2 heterocycles. The van der Waals surface area contributed by atoms with Crippen molar-refractivity contribution in [3.63, 3.8) is 0 Å². The van der Waals surface area contributed by atoms with Crippen LogP contribution >= 0.6 is 0 Å². The average Bonchev–Trinajstić information content (AvgIpc) is 2.86. The lowest BCUT2D eigenvalue weighted by Gasteiger charge is -2.34. The molecule has 1 aromatic rings. The highest BCUT2D eigenvalue weighted by atomic mass is 32.2. The number of fused-ring (bicyclic) bond motifs is 1. The Hall–Kier alpha value is -1.84. The third-order valence-electron chi connectivity index (χ3n) is 4.49. The number of nitrogens with zero attached hydrogens (tertiary/aromatic N) is 2. The molecule has 144 valence electrons. The molecular weight excluding hydrogens is 358 g/mol. The summed E-state index contributed by atoms with van der Waals surface area (Å²) in [5.74, 6) is 1.02. The maximum absolute atomic E-state index is 12.9. The molecule has 0 aromatic heterocycles. The van der Waals surface area contributed by atoms with Gasteiger partial charge in [0, 0.05) is 58.7 Å². The standard InChI is InChI=1S/C17H25N3O5S/c1-14(21)18-5-6-19-7-9-20(10-8-19)26(22,23)15-3-4-16-17(13-15)25-12-2-11-24-16/h3-4,13H,2,5-12H2,1H3,(H,18,21). The SMILES string of the molecule is CC(=O)NCCN1CCN(S(=O)(=O)c2ccc3c(c2)OCCCO3)CC1. The number of nitrogens with one attached hydrogen (secondary N) is 1. The average molecular weight is 383 g/mol. The largest absolute Gasteiger partial charge is 0.490 e. The molecule has 0 unspecified atom stereocenters. The molecule has 9 heteroatoms. The van der Waals surface area contributed by atoms with E-state index in [0.29, 0.717) is 57.4 Å². The quantitative estimate of drug-likeness (QED) is 0.786. The molecule has 26 heavy (non-hydrogen) atoms. The van der Waals surface area contributed by atoms with Gasteiger partial charge in [0.2, 0.25) is 15.9 Å². The van der Waals surface area contributed by atoms with Crippen molar-refractivity contribution >= 4 is 15.9 Å². The number of hydrogen-bond acceptors (Lipinski definition) is 6. The van der Waals surface area contributed by atoms with E-state index in [1.165, 1.54) is 11.2 Å². The van der Waals surface area contributed by atoms with Crippen molar-refractivity contribution in [2.75, 3.05) is 52.5 Å². The van der Waals surface area contributed by atoms with Crippen molar-refractivity contribution in [1.29, 1.82) is 0 Å². The van der Waals surface area contributed by atoms with Gasteiger partial charge in [-0.2, -0.15) is 4.31 Å². The number of amides is 1. The van der Waals surface area contributed by atoms with Crippen molar-refractivity contribution in [3.8, 4) is 11.5 Å². The first-order valence-corrected chi connectivity index (χ1v) is 10.3. The van der Waals surface area contributed by atoms with E-state index < -0.39 is 10.0 Å². The summed E-state index contributed by atoms with van der Waals surface area (Å²) >= 11 is 0. The van der Waals surface area contributed by atoms with Gasteiger partial charge < -0.3 is 14.8 Å². The molecule has 0 spiro atoms. The number of carbonyl (C=O) groups is 1. The Bertz CT molecular complexity index is 745. The number of piperazine rings is 1. The zero-order chi connectivity index (χ0) is 18.6. The van der Waals surface area contributed by atoms with Gasteiger partial charge in [0.25, 0.3) is 0 Å². The lowest BCUT2D eigenvalue weighted by molar-refractivity contribution is -0.119. The minimum Gasteiger partial charge on any atom is -0.490 e. The van der Waals surface area contributed by atoms with E-state index >= 15 is 0 Å². The van der Waals surface area contributed by atoms with Crippen LogP contribution in [-0.2, 0) is 14.8 Å². The van der Waals surface area contributed by atoms with Gasteiger partial charge in [-0.3, -0.25) is 9.69 Å². The predicted octanol–water partition coefficient (Wildman–Crippen LogP) is 0.290. The summed E-state index contributed by atoms with van der Waals surface area (Å²) < 4.78 is 38.5. The molecule has 1 saturated heterocycles. The normalized spacial score (nSPS) is 19.0. The fraction of sp³-hybridized carbons (Fsp3) is 0.588. The van der Waals surface area contributed by atoms with E-state index in [-0.39, 0.29) is 10.8 Å². The molecule has 0 atom stereocenters. The molecular formula is C17H25N3O5S. The molecule has 1 fully saturated rings. The Balaban J connectivity index is 1.62. The first kappa shape index (κ1) is 18.9. The second-order valence-electron chi connectivity index (χ2n) is 6.39. The van der Waals surface area contributed by atoms with Crippen LogP contribution in [0.3, 0.4) is 0 Å². The highest BCUT2D eigenvalue weighted by molar-refractivity contribution is 7.89. The van der Waals surface area contributed by atoms with Crippen molar-refractivity contribution in [2.45, 2.75) is 18.2 Å². The molecule has 0 aliphatic carbocycles. The Morgan fingerprint density at radius 3 is 2.50 bits per heavy atom. The van der Waals surface area contributed by atoms with Gasteiger partial charge in [0.05, 0.1) is 18.1 Å². The molecule has 8 nitrogen and oxygen atoms in total. The van der Waals surface area contributed by atoms with Crippen molar-refractivity contribution in [1.82, 2.24) is 14.5 Å². The van der Waals surface area contributed by atoms with Gasteiger partial charge in [0.1, 0.15) is 0 Å². The van der Waals surface area contributed by atoms with Gasteiger partial charge in [-0.1, -0.05) is 0 Å².